The smallest absolute Gasteiger partial charge is 0.201 e. The molecule has 32 heavy (non-hydrogen) atoms. The van der Waals surface area contributed by atoms with E-state index in [-0.39, 0.29) is 11.6 Å². The fraction of sp³-hybridized carbons (Fsp3) is 0.643. The lowest BCUT2D eigenvalue weighted by Gasteiger charge is -2.20. The lowest BCUT2D eigenvalue weighted by molar-refractivity contribution is 0.0988. The van der Waals surface area contributed by atoms with Crippen molar-refractivity contribution in [2.45, 2.75) is 104 Å². The van der Waals surface area contributed by atoms with E-state index in [1.54, 1.807) is 23.5 Å². The van der Waals surface area contributed by atoms with Crippen LogP contribution in [0.15, 0.2) is 34.1 Å². The second-order valence-electron chi connectivity index (χ2n) is 8.80. The van der Waals surface area contributed by atoms with Gasteiger partial charge in [0.2, 0.25) is 11.6 Å². The first-order valence-electron chi connectivity index (χ1n) is 12.9. The van der Waals surface area contributed by atoms with Crippen molar-refractivity contribution in [1.82, 2.24) is 0 Å². The Kier molecular flexibility index (Phi) is 14.1. The molecule has 4 heteroatoms. The van der Waals surface area contributed by atoms with E-state index in [1.165, 1.54) is 77.0 Å². The predicted octanol–water partition coefficient (Wildman–Crippen LogP) is 9.24. The summed E-state index contributed by atoms with van der Waals surface area (Å²) >= 11 is 3.23. The topological polar surface area (TPSA) is 34.1 Å². The first-order valence-corrected chi connectivity index (χ1v) is 14.9. The highest BCUT2D eigenvalue weighted by Crippen LogP contribution is 2.39. The quantitative estimate of drug-likeness (QED) is 0.199. The number of rotatable bonds is 18. The van der Waals surface area contributed by atoms with Gasteiger partial charge < -0.3 is 0 Å². The standard InChI is InChI=1S/C28H42O2S2/c1-3-5-7-9-11-13-17-21-31-27-25(29)23-19-15-16-20-24(23)26(30)28(27)32-22-18-14-12-10-8-6-4-2/h15-16,19-20H,3-14,17-18,21-22H2,1-2H3. The zero-order valence-electron chi connectivity index (χ0n) is 20.3. The van der Waals surface area contributed by atoms with Gasteiger partial charge in [-0.1, -0.05) is 115 Å². The number of fused-ring (bicyclic) bond motifs is 1. The minimum atomic E-state index is 0.0511. The highest BCUT2D eigenvalue weighted by Gasteiger charge is 2.32. The number of thioether (sulfide) groups is 2. The lowest BCUT2D eigenvalue weighted by Crippen LogP contribution is -2.20. The van der Waals surface area contributed by atoms with E-state index < -0.39 is 0 Å². The molecule has 178 valence electrons. The molecule has 0 saturated heterocycles. The molecule has 0 aliphatic heterocycles. The summed E-state index contributed by atoms with van der Waals surface area (Å²) < 4.78 is 0. The number of carbonyl (C=O) groups is 2. The summed E-state index contributed by atoms with van der Waals surface area (Å²) in [6, 6.07) is 7.34. The Hall–Kier alpha value is -1.00. The minimum absolute atomic E-state index is 0.0511. The van der Waals surface area contributed by atoms with Crippen molar-refractivity contribution in [3.63, 3.8) is 0 Å². The molecule has 0 spiro atoms. The second kappa shape index (κ2) is 16.6. The molecule has 0 radical (unpaired) electrons. The van der Waals surface area contributed by atoms with Crippen LogP contribution in [-0.4, -0.2) is 23.1 Å². The Morgan fingerprint density at radius 1 is 0.531 bits per heavy atom. The molecule has 0 heterocycles. The molecular weight excluding hydrogens is 432 g/mol. The molecule has 0 atom stereocenters. The van der Waals surface area contributed by atoms with Crippen LogP contribution in [0.5, 0.6) is 0 Å². The first-order chi connectivity index (χ1) is 15.7. The van der Waals surface area contributed by atoms with Crippen molar-refractivity contribution in [2.75, 3.05) is 11.5 Å². The van der Waals surface area contributed by atoms with Gasteiger partial charge in [-0.05, 0) is 24.3 Å². The number of ketones is 2. The Balaban J connectivity index is 1.89. The van der Waals surface area contributed by atoms with Crippen molar-refractivity contribution in [1.29, 1.82) is 0 Å². The van der Waals surface area contributed by atoms with Crippen molar-refractivity contribution < 1.29 is 9.59 Å². The van der Waals surface area contributed by atoms with Crippen molar-refractivity contribution in [2.24, 2.45) is 0 Å². The van der Waals surface area contributed by atoms with E-state index in [0.29, 0.717) is 20.9 Å². The number of Topliss-reactive ketones (excluding diaryl/α,β-unsaturated/α-hetero) is 2. The Morgan fingerprint density at radius 2 is 0.875 bits per heavy atom. The van der Waals surface area contributed by atoms with E-state index >= 15 is 0 Å². The van der Waals surface area contributed by atoms with Crippen LogP contribution in [-0.2, 0) is 0 Å². The fourth-order valence-electron chi connectivity index (χ4n) is 4.06. The van der Waals surface area contributed by atoms with Gasteiger partial charge in [-0.3, -0.25) is 9.59 Å². The molecule has 0 N–H and O–H groups in total. The third kappa shape index (κ3) is 9.09. The molecule has 0 unspecified atom stereocenters. The summed E-state index contributed by atoms with van der Waals surface area (Å²) in [7, 11) is 0. The maximum atomic E-state index is 13.2. The average molecular weight is 475 g/mol. The number of benzene rings is 1. The molecule has 0 aromatic heterocycles. The number of unbranched alkanes of at least 4 members (excludes halogenated alkanes) is 12. The highest BCUT2D eigenvalue weighted by atomic mass is 32.2. The number of hydrogen-bond acceptors (Lipinski definition) is 4. The Morgan fingerprint density at radius 3 is 1.25 bits per heavy atom. The summed E-state index contributed by atoms with van der Waals surface area (Å²) in [5, 5.41) is 0. The van der Waals surface area contributed by atoms with Gasteiger partial charge in [-0.25, -0.2) is 0 Å². The van der Waals surface area contributed by atoms with Gasteiger partial charge in [0.15, 0.2) is 0 Å². The largest absolute Gasteiger partial charge is 0.288 e. The summed E-state index contributed by atoms with van der Waals surface area (Å²) in [5.41, 5.74) is 1.17. The Labute approximate surface area is 204 Å². The van der Waals surface area contributed by atoms with E-state index in [9.17, 15) is 9.59 Å². The zero-order chi connectivity index (χ0) is 23.0. The number of hydrogen-bond donors (Lipinski definition) is 0. The second-order valence-corrected chi connectivity index (χ2v) is 11.0. The van der Waals surface area contributed by atoms with Gasteiger partial charge in [0.25, 0.3) is 0 Å². The number of carbonyl (C=O) groups excluding carboxylic acids is 2. The van der Waals surface area contributed by atoms with Crippen LogP contribution >= 0.6 is 23.5 Å². The molecular formula is C28H42O2S2. The molecule has 0 bridgehead atoms. The summed E-state index contributed by atoms with van der Waals surface area (Å²) in [6.07, 6.45) is 17.7. The van der Waals surface area contributed by atoms with Crippen molar-refractivity contribution in [3.8, 4) is 0 Å². The average Bonchev–Trinajstić information content (AvgIpc) is 2.81. The van der Waals surface area contributed by atoms with Crippen LogP contribution in [0.25, 0.3) is 0 Å². The highest BCUT2D eigenvalue weighted by molar-refractivity contribution is 8.08. The minimum Gasteiger partial charge on any atom is -0.288 e. The lowest BCUT2D eigenvalue weighted by atomic mass is 9.94. The molecule has 0 saturated carbocycles. The third-order valence-corrected chi connectivity index (χ3v) is 8.49. The van der Waals surface area contributed by atoms with Gasteiger partial charge in [-0.15, -0.1) is 23.5 Å². The van der Waals surface area contributed by atoms with Gasteiger partial charge in [0.1, 0.15) is 0 Å². The van der Waals surface area contributed by atoms with Crippen LogP contribution < -0.4 is 0 Å². The molecule has 1 aromatic rings. The van der Waals surface area contributed by atoms with E-state index in [1.807, 2.05) is 24.3 Å². The summed E-state index contributed by atoms with van der Waals surface area (Å²) in [6.45, 7) is 4.49. The van der Waals surface area contributed by atoms with Crippen LogP contribution in [0.1, 0.15) is 124 Å². The van der Waals surface area contributed by atoms with E-state index in [4.69, 9.17) is 0 Å². The van der Waals surface area contributed by atoms with E-state index in [2.05, 4.69) is 13.8 Å². The van der Waals surface area contributed by atoms with Crippen LogP contribution in [0, 0.1) is 0 Å². The Bertz CT molecular complexity index is 678. The third-order valence-electron chi connectivity index (χ3n) is 6.02. The van der Waals surface area contributed by atoms with Crippen LogP contribution in [0.4, 0.5) is 0 Å². The fourth-order valence-corrected chi connectivity index (χ4v) is 6.45. The van der Waals surface area contributed by atoms with Crippen LogP contribution in [0.2, 0.25) is 0 Å². The summed E-state index contributed by atoms with van der Waals surface area (Å²) in [5.74, 6) is 1.95. The maximum absolute atomic E-state index is 13.2. The molecule has 1 aromatic carbocycles. The van der Waals surface area contributed by atoms with Gasteiger partial charge in [-0.2, -0.15) is 0 Å². The molecule has 2 rings (SSSR count). The number of allylic oxidation sites excluding steroid dienone is 2. The first kappa shape index (κ1) is 27.2. The monoisotopic (exact) mass is 474 g/mol. The molecule has 0 fully saturated rings. The van der Waals surface area contributed by atoms with Crippen molar-refractivity contribution in [3.05, 3.63) is 45.2 Å². The zero-order valence-corrected chi connectivity index (χ0v) is 21.9. The predicted molar refractivity (Wildman–Crippen MR) is 143 cm³/mol. The molecule has 2 nitrogen and oxygen atoms in total. The van der Waals surface area contributed by atoms with Gasteiger partial charge >= 0.3 is 0 Å². The maximum Gasteiger partial charge on any atom is 0.201 e. The molecule has 0 amide bonds. The van der Waals surface area contributed by atoms with Gasteiger partial charge in [0.05, 0.1) is 9.81 Å². The van der Waals surface area contributed by atoms with Crippen LogP contribution in [0.3, 0.4) is 0 Å². The SMILES string of the molecule is CCCCCCCCCSC1=C(SCCCCCCCCC)C(=O)c2ccccc2C1=O. The van der Waals surface area contributed by atoms with Gasteiger partial charge in [0, 0.05) is 11.1 Å². The summed E-state index contributed by atoms with van der Waals surface area (Å²) in [4.78, 5) is 27.8. The van der Waals surface area contributed by atoms with E-state index in [0.717, 1.165) is 24.3 Å². The van der Waals surface area contributed by atoms with Crippen molar-refractivity contribution >= 4 is 35.1 Å². The molecule has 1 aliphatic carbocycles. The molecule has 1 aliphatic rings. The normalized spacial score (nSPS) is 13.7.